The fourth-order valence-electron chi connectivity index (χ4n) is 4.20. The molecular formula is C18H21NO4S. The second-order valence-corrected chi connectivity index (χ2v) is 8.02. The molecule has 0 radical (unpaired) electrons. The van der Waals surface area contributed by atoms with Crippen molar-refractivity contribution in [1.29, 1.82) is 0 Å². The molecule has 2 heterocycles. The average Bonchev–Trinajstić information content (AvgIpc) is 3.10. The monoisotopic (exact) mass is 347 g/mol. The third-order valence-corrected chi connectivity index (χ3v) is 5.85. The van der Waals surface area contributed by atoms with Crippen LogP contribution in [0.25, 0.3) is 0 Å². The van der Waals surface area contributed by atoms with Crippen molar-refractivity contribution >= 4 is 23.6 Å². The summed E-state index contributed by atoms with van der Waals surface area (Å²) in [5.41, 5.74) is 0.982. The summed E-state index contributed by atoms with van der Waals surface area (Å²) in [5, 5.41) is 0. The van der Waals surface area contributed by atoms with E-state index in [0.717, 1.165) is 12.2 Å². The lowest BCUT2D eigenvalue weighted by molar-refractivity contribution is -0.159. The molecule has 1 saturated carbocycles. The Balaban J connectivity index is 1.67. The standard InChI is InChI=1S/C18H21NO4S/c1-18(2)22-14-10(9-24-3)8-13(15(14)23-18)19-16(20)11-6-4-5-7-12(11)17(19)21/h4-7,10,13-15H,8-9H2,1-3H3. The van der Waals surface area contributed by atoms with E-state index in [1.807, 2.05) is 13.8 Å². The summed E-state index contributed by atoms with van der Waals surface area (Å²) in [6, 6.07) is 6.76. The normalized spacial score (nSPS) is 33.9. The Morgan fingerprint density at radius 2 is 1.71 bits per heavy atom. The van der Waals surface area contributed by atoms with Gasteiger partial charge in [0.25, 0.3) is 11.8 Å². The number of thioether (sulfide) groups is 1. The zero-order valence-electron chi connectivity index (χ0n) is 14.0. The van der Waals surface area contributed by atoms with Crippen LogP contribution in [-0.2, 0) is 9.47 Å². The van der Waals surface area contributed by atoms with E-state index in [-0.39, 0.29) is 36.0 Å². The molecule has 0 bridgehead atoms. The molecule has 1 aliphatic carbocycles. The molecule has 4 atom stereocenters. The first-order chi connectivity index (χ1) is 11.4. The minimum Gasteiger partial charge on any atom is -0.344 e. The zero-order chi connectivity index (χ0) is 17.1. The molecule has 0 spiro atoms. The Bertz CT molecular complexity index is 669. The predicted octanol–water partition coefficient (Wildman–Crippen LogP) is 2.55. The molecule has 128 valence electrons. The Morgan fingerprint density at radius 1 is 1.12 bits per heavy atom. The number of fused-ring (bicyclic) bond motifs is 2. The molecule has 3 aliphatic rings. The maximum atomic E-state index is 12.8. The van der Waals surface area contributed by atoms with Gasteiger partial charge < -0.3 is 9.47 Å². The summed E-state index contributed by atoms with van der Waals surface area (Å²) in [5.74, 6) is 0.111. The van der Waals surface area contributed by atoms with Gasteiger partial charge >= 0.3 is 0 Å². The number of carbonyl (C=O) groups is 2. The van der Waals surface area contributed by atoms with Crippen molar-refractivity contribution in [2.45, 2.75) is 44.3 Å². The first-order valence-electron chi connectivity index (χ1n) is 8.24. The van der Waals surface area contributed by atoms with Gasteiger partial charge in [-0.25, -0.2) is 0 Å². The highest BCUT2D eigenvalue weighted by Gasteiger charge is 2.58. The number of rotatable bonds is 3. The Hall–Kier alpha value is -1.37. The van der Waals surface area contributed by atoms with Crippen molar-refractivity contribution in [3.8, 4) is 0 Å². The largest absolute Gasteiger partial charge is 0.344 e. The molecule has 0 aromatic heterocycles. The van der Waals surface area contributed by atoms with Gasteiger partial charge in [-0.05, 0) is 50.3 Å². The summed E-state index contributed by atoms with van der Waals surface area (Å²) in [7, 11) is 0. The van der Waals surface area contributed by atoms with Crippen molar-refractivity contribution in [2.24, 2.45) is 5.92 Å². The number of nitrogens with zero attached hydrogens (tertiary/aromatic N) is 1. The van der Waals surface area contributed by atoms with E-state index in [0.29, 0.717) is 11.1 Å². The highest BCUT2D eigenvalue weighted by atomic mass is 32.2. The quantitative estimate of drug-likeness (QED) is 0.787. The Labute approximate surface area is 145 Å². The molecule has 2 amide bonds. The number of hydrogen-bond acceptors (Lipinski definition) is 5. The first-order valence-corrected chi connectivity index (χ1v) is 9.64. The minimum atomic E-state index is -0.677. The summed E-state index contributed by atoms with van der Waals surface area (Å²) in [6.45, 7) is 3.78. The van der Waals surface area contributed by atoms with Crippen LogP contribution in [0.2, 0.25) is 0 Å². The van der Waals surface area contributed by atoms with Gasteiger partial charge in [0.2, 0.25) is 0 Å². The Kier molecular flexibility index (Phi) is 3.74. The van der Waals surface area contributed by atoms with Gasteiger partial charge in [0.15, 0.2) is 5.79 Å². The van der Waals surface area contributed by atoms with E-state index in [4.69, 9.17) is 9.47 Å². The first kappa shape index (κ1) is 16.1. The smallest absolute Gasteiger partial charge is 0.261 e. The van der Waals surface area contributed by atoms with Crippen LogP contribution in [0.5, 0.6) is 0 Å². The number of imide groups is 1. The van der Waals surface area contributed by atoms with Gasteiger partial charge in [0.05, 0.1) is 23.3 Å². The highest BCUT2D eigenvalue weighted by Crippen LogP contribution is 2.45. The van der Waals surface area contributed by atoms with E-state index >= 15 is 0 Å². The van der Waals surface area contributed by atoms with Crippen LogP contribution in [0, 0.1) is 5.92 Å². The van der Waals surface area contributed by atoms with Crippen molar-refractivity contribution < 1.29 is 19.1 Å². The van der Waals surface area contributed by atoms with E-state index in [9.17, 15) is 9.59 Å². The number of ether oxygens (including phenoxy) is 2. The SMILES string of the molecule is CSCC1CC(N2C(=O)c3ccccc3C2=O)C2OC(C)(C)OC12. The lowest BCUT2D eigenvalue weighted by atomic mass is 10.1. The number of carbonyl (C=O) groups excluding carboxylic acids is 2. The second-order valence-electron chi connectivity index (χ2n) is 7.11. The van der Waals surface area contributed by atoms with E-state index in [1.54, 1.807) is 36.0 Å². The van der Waals surface area contributed by atoms with Crippen molar-refractivity contribution in [2.75, 3.05) is 12.0 Å². The summed E-state index contributed by atoms with van der Waals surface area (Å²) in [6.07, 6.45) is 2.48. The lowest BCUT2D eigenvalue weighted by Gasteiger charge is -2.28. The van der Waals surface area contributed by atoms with Crippen LogP contribution in [-0.4, -0.2) is 52.8 Å². The molecule has 2 aliphatic heterocycles. The minimum absolute atomic E-state index is 0.0678. The van der Waals surface area contributed by atoms with Crippen LogP contribution in [0.4, 0.5) is 0 Å². The van der Waals surface area contributed by atoms with Gasteiger partial charge in [-0.3, -0.25) is 14.5 Å². The summed E-state index contributed by atoms with van der Waals surface area (Å²) in [4.78, 5) is 27.0. The molecule has 0 N–H and O–H groups in total. The van der Waals surface area contributed by atoms with Crippen molar-refractivity contribution in [3.63, 3.8) is 0 Å². The topological polar surface area (TPSA) is 55.8 Å². The molecule has 5 nitrogen and oxygen atoms in total. The zero-order valence-corrected chi connectivity index (χ0v) is 14.8. The summed E-state index contributed by atoms with van der Waals surface area (Å²) >= 11 is 1.76. The molecule has 6 heteroatoms. The Morgan fingerprint density at radius 3 is 2.29 bits per heavy atom. The molecule has 4 unspecified atom stereocenters. The molecule has 1 aromatic carbocycles. The fraction of sp³-hybridized carbons (Fsp3) is 0.556. The second kappa shape index (κ2) is 5.58. The molecule has 24 heavy (non-hydrogen) atoms. The molecule has 1 saturated heterocycles. The van der Waals surface area contributed by atoms with Crippen molar-refractivity contribution in [1.82, 2.24) is 4.90 Å². The molecular weight excluding hydrogens is 326 g/mol. The van der Waals surface area contributed by atoms with Crippen LogP contribution in [0.15, 0.2) is 24.3 Å². The maximum Gasteiger partial charge on any atom is 0.261 e. The van der Waals surface area contributed by atoms with Crippen LogP contribution in [0.1, 0.15) is 41.0 Å². The number of benzene rings is 1. The van der Waals surface area contributed by atoms with Crippen LogP contribution in [0.3, 0.4) is 0 Å². The van der Waals surface area contributed by atoms with Crippen LogP contribution >= 0.6 is 11.8 Å². The van der Waals surface area contributed by atoms with Crippen LogP contribution < -0.4 is 0 Å². The van der Waals surface area contributed by atoms with Gasteiger partial charge in [-0.1, -0.05) is 12.1 Å². The van der Waals surface area contributed by atoms with Gasteiger partial charge in [0, 0.05) is 0 Å². The fourth-order valence-corrected chi connectivity index (χ4v) is 4.95. The molecule has 1 aromatic rings. The highest BCUT2D eigenvalue weighted by molar-refractivity contribution is 7.98. The van der Waals surface area contributed by atoms with Gasteiger partial charge in [-0.2, -0.15) is 11.8 Å². The number of amides is 2. The van der Waals surface area contributed by atoms with E-state index in [2.05, 4.69) is 6.26 Å². The molecule has 4 rings (SSSR count). The number of hydrogen-bond donors (Lipinski definition) is 0. The molecule has 2 fully saturated rings. The van der Waals surface area contributed by atoms with E-state index < -0.39 is 5.79 Å². The lowest BCUT2D eigenvalue weighted by Crippen LogP contribution is -2.46. The summed E-state index contributed by atoms with van der Waals surface area (Å²) < 4.78 is 12.2. The van der Waals surface area contributed by atoms with Gasteiger partial charge in [-0.15, -0.1) is 0 Å². The third-order valence-electron chi connectivity index (χ3n) is 5.09. The predicted molar refractivity (Wildman–Crippen MR) is 91.0 cm³/mol. The third kappa shape index (κ3) is 2.31. The van der Waals surface area contributed by atoms with E-state index in [1.165, 1.54) is 4.90 Å². The van der Waals surface area contributed by atoms with Crippen molar-refractivity contribution in [3.05, 3.63) is 35.4 Å². The van der Waals surface area contributed by atoms with Gasteiger partial charge in [0.1, 0.15) is 6.10 Å². The maximum absolute atomic E-state index is 12.8. The average molecular weight is 347 g/mol.